The second-order valence-corrected chi connectivity index (χ2v) is 7.54. The van der Waals surface area contributed by atoms with Crippen LogP contribution in [-0.4, -0.2) is 34.1 Å². The molecule has 4 rings (SSSR count). The molecule has 1 aliphatic heterocycles. The molecule has 4 nitrogen and oxygen atoms in total. The van der Waals surface area contributed by atoms with E-state index in [1.807, 2.05) is 12.1 Å². The van der Waals surface area contributed by atoms with Crippen molar-refractivity contribution >= 4 is 11.0 Å². The topological polar surface area (TPSA) is 30.3 Å². The van der Waals surface area contributed by atoms with Crippen molar-refractivity contribution in [1.29, 1.82) is 0 Å². The van der Waals surface area contributed by atoms with Crippen LogP contribution in [0.2, 0.25) is 0 Å². The smallest absolute Gasteiger partial charge is 0.127 e. The van der Waals surface area contributed by atoms with Crippen molar-refractivity contribution in [2.75, 3.05) is 19.7 Å². The van der Waals surface area contributed by atoms with Crippen molar-refractivity contribution in [3.8, 4) is 5.75 Å². The first kappa shape index (κ1) is 18.1. The first-order valence-corrected chi connectivity index (χ1v) is 10.1. The maximum atomic E-state index is 5.93. The van der Waals surface area contributed by atoms with Crippen LogP contribution in [0.3, 0.4) is 0 Å². The van der Waals surface area contributed by atoms with Crippen LogP contribution in [0.1, 0.15) is 43.6 Å². The lowest BCUT2D eigenvalue weighted by Gasteiger charge is -2.24. The van der Waals surface area contributed by atoms with Crippen LogP contribution >= 0.6 is 0 Å². The minimum absolute atomic E-state index is 0.359. The van der Waals surface area contributed by atoms with Crippen molar-refractivity contribution in [1.82, 2.24) is 14.5 Å². The number of hydrogen-bond donors (Lipinski definition) is 0. The van der Waals surface area contributed by atoms with Crippen molar-refractivity contribution in [3.63, 3.8) is 0 Å². The van der Waals surface area contributed by atoms with Gasteiger partial charge in [0.2, 0.25) is 0 Å². The number of aromatic nitrogens is 2. The van der Waals surface area contributed by atoms with Gasteiger partial charge in [0.15, 0.2) is 0 Å². The molecule has 1 aliphatic rings. The van der Waals surface area contributed by atoms with Gasteiger partial charge in [-0.3, -0.25) is 4.90 Å². The number of nitrogens with zero attached hydrogens (tertiary/aromatic N) is 3. The van der Waals surface area contributed by atoms with E-state index in [2.05, 4.69) is 59.7 Å². The molecule has 1 atom stereocenters. The van der Waals surface area contributed by atoms with Crippen molar-refractivity contribution < 1.29 is 4.74 Å². The maximum absolute atomic E-state index is 5.93. The number of benzene rings is 2. The summed E-state index contributed by atoms with van der Waals surface area (Å²) in [7, 11) is 0. The molecule has 0 N–H and O–H groups in total. The lowest BCUT2D eigenvalue weighted by Crippen LogP contribution is -2.26. The summed E-state index contributed by atoms with van der Waals surface area (Å²) in [4.78, 5) is 7.54. The van der Waals surface area contributed by atoms with Gasteiger partial charge in [-0.05, 0) is 70.5 Å². The van der Waals surface area contributed by atoms with E-state index in [-0.39, 0.29) is 0 Å². The molecule has 2 aromatic carbocycles. The standard InChI is InChI=1S/C23H29N3O/c1-18-10-12-20(13-11-18)27-17-7-16-26-22-9-4-3-8-21(22)24-23(26)19(2)25-14-5-6-15-25/h3-4,8-13,19H,5-7,14-17H2,1-2H3. The van der Waals surface area contributed by atoms with Gasteiger partial charge in [0.25, 0.3) is 0 Å². The predicted octanol–water partition coefficient (Wildman–Crippen LogP) is 4.97. The van der Waals surface area contributed by atoms with Crippen molar-refractivity contribution in [3.05, 3.63) is 59.9 Å². The summed E-state index contributed by atoms with van der Waals surface area (Å²) in [5, 5.41) is 0. The molecule has 27 heavy (non-hydrogen) atoms. The fraction of sp³-hybridized carbons (Fsp3) is 0.435. The molecule has 4 heteroatoms. The summed E-state index contributed by atoms with van der Waals surface area (Å²) < 4.78 is 8.33. The third-order valence-electron chi connectivity index (χ3n) is 5.56. The summed E-state index contributed by atoms with van der Waals surface area (Å²) >= 11 is 0. The number of fused-ring (bicyclic) bond motifs is 1. The van der Waals surface area contributed by atoms with Gasteiger partial charge in [-0.2, -0.15) is 0 Å². The van der Waals surface area contributed by atoms with Gasteiger partial charge in [-0.15, -0.1) is 0 Å². The predicted molar refractivity (Wildman–Crippen MR) is 110 cm³/mol. The fourth-order valence-corrected chi connectivity index (χ4v) is 3.99. The lowest BCUT2D eigenvalue weighted by atomic mass is 10.2. The molecule has 0 spiro atoms. The Morgan fingerprint density at radius 1 is 1.04 bits per heavy atom. The van der Waals surface area contributed by atoms with Gasteiger partial charge in [0, 0.05) is 6.54 Å². The molecule has 0 aliphatic carbocycles. The Hall–Kier alpha value is -2.33. The molecule has 2 heterocycles. The van der Waals surface area contributed by atoms with Gasteiger partial charge in [0.1, 0.15) is 11.6 Å². The van der Waals surface area contributed by atoms with Crippen LogP contribution in [-0.2, 0) is 6.54 Å². The number of ether oxygens (including phenoxy) is 1. The number of hydrogen-bond acceptors (Lipinski definition) is 3. The second-order valence-electron chi connectivity index (χ2n) is 7.54. The van der Waals surface area contributed by atoms with Crippen LogP contribution in [0.25, 0.3) is 11.0 Å². The molecule has 0 bridgehead atoms. The first-order chi connectivity index (χ1) is 13.2. The lowest BCUT2D eigenvalue weighted by molar-refractivity contribution is 0.245. The van der Waals surface area contributed by atoms with Crippen LogP contribution < -0.4 is 4.74 Å². The molecule has 1 saturated heterocycles. The van der Waals surface area contributed by atoms with Crippen LogP contribution in [0.15, 0.2) is 48.5 Å². The van der Waals surface area contributed by atoms with E-state index >= 15 is 0 Å². The van der Waals surface area contributed by atoms with E-state index in [1.165, 1.54) is 42.8 Å². The SMILES string of the molecule is Cc1ccc(OCCCn2c(C(C)N3CCCC3)nc3ccccc32)cc1. The summed E-state index contributed by atoms with van der Waals surface area (Å²) in [6.07, 6.45) is 3.57. The summed E-state index contributed by atoms with van der Waals surface area (Å²) in [5.74, 6) is 2.13. The quantitative estimate of drug-likeness (QED) is 0.555. The highest BCUT2D eigenvalue weighted by molar-refractivity contribution is 5.76. The van der Waals surface area contributed by atoms with Gasteiger partial charge in [-0.1, -0.05) is 29.8 Å². The van der Waals surface area contributed by atoms with Gasteiger partial charge >= 0.3 is 0 Å². The zero-order valence-electron chi connectivity index (χ0n) is 16.4. The number of aryl methyl sites for hydroxylation is 2. The molecule has 1 aromatic heterocycles. The van der Waals surface area contributed by atoms with Crippen LogP contribution in [0.4, 0.5) is 0 Å². The van der Waals surface area contributed by atoms with E-state index < -0.39 is 0 Å². The molecule has 0 amide bonds. The molecule has 1 unspecified atom stereocenters. The van der Waals surface area contributed by atoms with Gasteiger partial charge < -0.3 is 9.30 Å². The largest absolute Gasteiger partial charge is 0.494 e. The summed E-state index contributed by atoms with van der Waals surface area (Å²) in [5.41, 5.74) is 3.58. The molecule has 142 valence electrons. The molecular weight excluding hydrogens is 334 g/mol. The molecule has 1 fully saturated rings. The zero-order chi connectivity index (χ0) is 18.6. The third kappa shape index (κ3) is 4.01. The number of rotatable bonds is 7. The van der Waals surface area contributed by atoms with Gasteiger partial charge in [0.05, 0.1) is 23.7 Å². The number of para-hydroxylation sites is 2. The number of likely N-dealkylation sites (tertiary alicyclic amines) is 1. The van der Waals surface area contributed by atoms with E-state index in [0.29, 0.717) is 12.6 Å². The normalized spacial score (nSPS) is 16.1. The van der Waals surface area contributed by atoms with E-state index in [9.17, 15) is 0 Å². The minimum atomic E-state index is 0.359. The first-order valence-electron chi connectivity index (χ1n) is 10.1. The van der Waals surface area contributed by atoms with E-state index in [4.69, 9.17) is 9.72 Å². The molecule has 0 saturated carbocycles. The van der Waals surface area contributed by atoms with E-state index in [0.717, 1.165) is 24.2 Å². The Morgan fingerprint density at radius 3 is 2.56 bits per heavy atom. The van der Waals surface area contributed by atoms with Gasteiger partial charge in [-0.25, -0.2) is 4.98 Å². The van der Waals surface area contributed by atoms with Crippen molar-refractivity contribution in [2.24, 2.45) is 0 Å². The summed E-state index contributed by atoms with van der Waals surface area (Å²) in [6, 6.07) is 17.1. The Morgan fingerprint density at radius 2 is 1.78 bits per heavy atom. The average Bonchev–Trinajstić information content (AvgIpc) is 3.34. The monoisotopic (exact) mass is 363 g/mol. The maximum Gasteiger partial charge on any atom is 0.127 e. The number of imidazole rings is 1. The molecule has 0 radical (unpaired) electrons. The highest BCUT2D eigenvalue weighted by atomic mass is 16.5. The minimum Gasteiger partial charge on any atom is -0.494 e. The van der Waals surface area contributed by atoms with Crippen LogP contribution in [0.5, 0.6) is 5.75 Å². The summed E-state index contributed by atoms with van der Waals surface area (Å²) in [6.45, 7) is 8.40. The Kier molecular flexibility index (Phi) is 5.44. The highest BCUT2D eigenvalue weighted by Crippen LogP contribution is 2.27. The molecule has 3 aromatic rings. The zero-order valence-corrected chi connectivity index (χ0v) is 16.4. The Labute approximate surface area is 161 Å². The average molecular weight is 364 g/mol. The molecular formula is C23H29N3O. The Bertz CT molecular complexity index is 878. The van der Waals surface area contributed by atoms with E-state index in [1.54, 1.807) is 0 Å². The van der Waals surface area contributed by atoms with Crippen molar-refractivity contribution in [2.45, 2.75) is 45.7 Å². The highest BCUT2D eigenvalue weighted by Gasteiger charge is 2.24. The fourth-order valence-electron chi connectivity index (χ4n) is 3.99. The second kappa shape index (κ2) is 8.13. The third-order valence-corrected chi connectivity index (χ3v) is 5.56. The van der Waals surface area contributed by atoms with Crippen LogP contribution in [0, 0.1) is 6.92 Å². The Balaban J connectivity index is 1.47.